The van der Waals surface area contributed by atoms with Crippen LogP contribution < -0.4 is 0 Å². The Morgan fingerprint density at radius 2 is 1.29 bits per heavy atom. The molecular formula is C18H14Cl4O2. The first-order chi connectivity index (χ1) is 11.4. The molecule has 0 heterocycles. The predicted molar refractivity (Wildman–Crippen MR) is 99.2 cm³/mol. The molecule has 0 aromatic heterocycles. The molecule has 0 amide bonds. The number of fused-ring (bicyclic) bond motifs is 5. The zero-order chi connectivity index (χ0) is 17.4. The molecule has 1 fully saturated rings. The maximum absolute atomic E-state index is 10.2. The Balaban J connectivity index is 0.000000162. The molecule has 1 saturated carbocycles. The van der Waals surface area contributed by atoms with Crippen LogP contribution in [-0.2, 0) is 0 Å². The molecule has 0 saturated heterocycles. The van der Waals surface area contributed by atoms with Crippen molar-refractivity contribution in [3.05, 3.63) is 67.1 Å². The normalized spacial score (nSPS) is 20.3. The van der Waals surface area contributed by atoms with Crippen molar-refractivity contribution >= 4 is 52.4 Å². The molecule has 2 aromatic carbocycles. The van der Waals surface area contributed by atoms with E-state index in [9.17, 15) is 4.79 Å². The second-order valence-electron chi connectivity index (χ2n) is 5.96. The molecule has 2 nitrogen and oxygen atoms in total. The van der Waals surface area contributed by atoms with Crippen LogP contribution in [0.15, 0.2) is 30.3 Å². The third-order valence-corrected chi connectivity index (χ3v) is 6.44. The van der Waals surface area contributed by atoms with Gasteiger partial charge in [-0.15, -0.1) is 0 Å². The number of aromatic carboxylic acids is 1. The fourth-order valence-electron chi connectivity index (χ4n) is 3.55. The standard InChI is InChI=1S/C11H8Cl4.C7H6O2/c12-8-6-4-1-2-5(3-4)7(6)9(13)11(15)10(8)14;8-7(9)6-4-2-1-3-5-6/h4-5H,1-3H2;1-5H,(H,8,9). The zero-order valence-electron chi connectivity index (χ0n) is 12.5. The van der Waals surface area contributed by atoms with Crippen molar-refractivity contribution in [2.24, 2.45) is 0 Å². The first kappa shape index (κ1) is 17.9. The quantitative estimate of drug-likeness (QED) is 0.409. The molecule has 2 unspecified atom stereocenters. The number of carboxylic acid groups (broad SMARTS) is 1. The van der Waals surface area contributed by atoms with Crippen molar-refractivity contribution < 1.29 is 9.90 Å². The number of carbonyl (C=O) groups is 1. The number of hydrogen-bond donors (Lipinski definition) is 1. The highest BCUT2D eigenvalue weighted by atomic mass is 35.5. The van der Waals surface area contributed by atoms with Gasteiger partial charge in [0, 0.05) is 0 Å². The third kappa shape index (κ3) is 3.13. The molecule has 2 aliphatic rings. The van der Waals surface area contributed by atoms with Gasteiger partial charge < -0.3 is 5.11 Å². The number of rotatable bonds is 1. The Hall–Kier alpha value is -0.930. The van der Waals surface area contributed by atoms with Crippen molar-refractivity contribution in [1.29, 1.82) is 0 Å². The molecule has 4 rings (SSSR count). The van der Waals surface area contributed by atoms with Crippen molar-refractivity contribution in [3.63, 3.8) is 0 Å². The van der Waals surface area contributed by atoms with Gasteiger partial charge in [0.2, 0.25) is 0 Å². The summed E-state index contributed by atoms with van der Waals surface area (Å²) in [7, 11) is 0. The molecule has 2 aromatic rings. The molecule has 0 aliphatic heterocycles. The maximum Gasteiger partial charge on any atom is 0.335 e. The van der Waals surface area contributed by atoms with E-state index in [1.165, 1.54) is 12.8 Å². The van der Waals surface area contributed by atoms with Crippen LogP contribution in [-0.4, -0.2) is 11.1 Å². The Kier molecular flexibility index (Phi) is 5.31. The van der Waals surface area contributed by atoms with E-state index in [1.807, 2.05) is 0 Å². The first-order valence-corrected chi connectivity index (χ1v) is 9.07. The molecule has 24 heavy (non-hydrogen) atoms. The Morgan fingerprint density at radius 1 is 0.833 bits per heavy atom. The highest BCUT2D eigenvalue weighted by Gasteiger charge is 2.41. The lowest BCUT2D eigenvalue weighted by Crippen LogP contribution is -2.01. The van der Waals surface area contributed by atoms with Gasteiger partial charge in [-0.25, -0.2) is 4.79 Å². The van der Waals surface area contributed by atoms with Crippen molar-refractivity contribution in [3.8, 4) is 0 Å². The summed E-state index contributed by atoms with van der Waals surface area (Å²) in [4.78, 5) is 10.2. The molecule has 1 N–H and O–H groups in total. The molecule has 2 bridgehead atoms. The molecule has 2 aliphatic carbocycles. The number of halogens is 4. The van der Waals surface area contributed by atoms with E-state index >= 15 is 0 Å². The van der Waals surface area contributed by atoms with E-state index in [4.69, 9.17) is 51.5 Å². The van der Waals surface area contributed by atoms with Gasteiger partial charge in [-0.2, -0.15) is 0 Å². The third-order valence-electron chi connectivity index (χ3n) is 4.61. The van der Waals surface area contributed by atoms with E-state index in [-0.39, 0.29) is 0 Å². The summed E-state index contributed by atoms with van der Waals surface area (Å²) in [5, 5.41) is 10.4. The fourth-order valence-corrected chi connectivity index (χ4v) is 4.74. The molecule has 6 heteroatoms. The Morgan fingerprint density at radius 3 is 1.67 bits per heavy atom. The van der Waals surface area contributed by atoms with Gasteiger partial charge >= 0.3 is 5.97 Å². The summed E-state index contributed by atoms with van der Waals surface area (Å²) >= 11 is 24.6. The average molecular weight is 404 g/mol. The fraction of sp³-hybridized carbons (Fsp3) is 0.278. The van der Waals surface area contributed by atoms with E-state index in [0.29, 0.717) is 37.5 Å². The minimum atomic E-state index is -0.879. The van der Waals surface area contributed by atoms with E-state index in [0.717, 1.165) is 17.5 Å². The maximum atomic E-state index is 10.2. The van der Waals surface area contributed by atoms with Crippen LogP contribution in [0.5, 0.6) is 0 Å². The van der Waals surface area contributed by atoms with E-state index < -0.39 is 5.97 Å². The Bertz CT molecular complexity index is 749. The molecule has 2 atom stereocenters. The van der Waals surface area contributed by atoms with Crippen molar-refractivity contribution in [1.82, 2.24) is 0 Å². The van der Waals surface area contributed by atoms with Gasteiger partial charge in [-0.05, 0) is 54.4 Å². The minimum absolute atomic E-state index is 0.331. The van der Waals surface area contributed by atoms with Gasteiger partial charge in [0.15, 0.2) is 0 Å². The van der Waals surface area contributed by atoms with Crippen molar-refractivity contribution in [2.75, 3.05) is 0 Å². The van der Waals surface area contributed by atoms with Crippen LogP contribution in [0, 0.1) is 0 Å². The largest absolute Gasteiger partial charge is 0.478 e. The summed E-state index contributed by atoms with van der Waals surface area (Å²) in [5.74, 6) is 0.213. The monoisotopic (exact) mass is 402 g/mol. The highest BCUT2D eigenvalue weighted by Crippen LogP contribution is 2.60. The molecule has 126 valence electrons. The smallest absolute Gasteiger partial charge is 0.335 e. The summed E-state index contributed by atoms with van der Waals surface area (Å²) in [6.45, 7) is 0. The zero-order valence-corrected chi connectivity index (χ0v) is 15.6. The van der Waals surface area contributed by atoms with Crippen LogP contribution in [0.25, 0.3) is 0 Å². The van der Waals surface area contributed by atoms with Gasteiger partial charge in [0.25, 0.3) is 0 Å². The van der Waals surface area contributed by atoms with Crippen molar-refractivity contribution in [2.45, 2.75) is 31.1 Å². The van der Waals surface area contributed by atoms with Gasteiger partial charge in [-0.1, -0.05) is 64.6 Å². The second kappa shape index (κ2) is 7.13. The van der Waals surface area contributed by atoms with E-state index in [2.05, 4.69) is 0 Å². The van der Waals surface area contributed by atoms with Crippen LogP contribution in [0.2, 0.25) is 20.1 Å². The topological polar surface area (TPSA) is 37.3 Å². The summed E-state index contributed by atoms with van der Waals surface area (Å²) in [6, 6.07) is 8.30. The van der Waals surface area contributed by atoms with Gasteiger partial charge in [0.1, 0.15) is 0 Å². The number of hydrogen-bond acceptors (Lipinski definition) is 1. The molecular weight excluding hydrogens is 390 g/mol. The van der Waals surface area contributed by atoms with Crippen LogP contribution in [0.4, 0.5) is 0 Å². The van der Waals surface area contributed by atoms with Crippen LogP contribution in [0.3, 0.4) is 0 Å². The van der Waals surface area contributed by atoms with Crippen LogP contribution in [0.1, 0.15) is 52.6 Å². The van der Waals surface area contributed by atoms with Gasteiger partial charge in [0.05, 0.1) is 25.7 Å². The summed E-state index contributed by atoms with van der Waals surface area (Å²) < 4.78 is 0. The van der Waals surface area contributed by atoms with Gasteiger partial charge in [-0.3, -0.25) is 0 Å². The first-order valence-electron chi connectivity index (χ1n) is 7.55. The predicted octanol–water partition coefficient (Wildman–Crippen LogP) is 7.05. The second-order valence-corrected chi connectivity index (χ2v) is 7.47. The summed E-state index contributed by atoms with van der Waals surface area (Å²) in [5.41, 5.74) is 2.65. The molecule has 0 spiro atoms. The number of carboxylic acids is 1. The van der Waals surface area contributed by atoms with E-state index in [1.54, 1.807) is 30.3 Å². The highest BCUT2D eigenvalue weighted by molar-refractivity contribution is 6.52. The average Bonchev–Trinajstić information content (AvgIpc) is 3.21. The molecule has 0 radical (unpaired) electrons. The Labute approximate surface area is 160 Å². The summed E-state index contributed by atoms with van der Waals surface area (Å²) in [6.07, 6.45) is 3.56. The lowest BCUT2D eigenvalue weighted by molar-refractivity contribution is 0.0697. The lowest BCUT2D eigenvalue weighted by Gasteiger charge is -2.20. The SMILES string of the molecule is Clc1c(Cl)c(Cl)c2c(c1Cl)C1CCC2C1.O=C(O)c1ccccc1. The number of benzene rings is 2. The minimum Gasteiger partial charge on any atom is -0.478 e. The van der Waals surface area contributed by atoms with Crippen LogP contribution >= 0.6 is 46.4 Å². The lowest BCUT2D eigenvalue weighted by atomic mass is 9.91.